The molecule has 1 aromatic heterocycles. The van der Waals surface area contributed by atoms with Crippen LogP contribution in [0.4, 0.5) is 0 Å². The third-order valence-electron chi connectivity index (χ3n) is 2.66. The first-order valence-electron chi connectivity index (χ1n) is 5.65. The van der Waals surface area contributed by atoms with Gasteiger partial charge in [-0.15, -0.1) is 0 Å². The molecule has 0 amide bonds. The summed E-state index contributed by atoms with van der Waals surface area (Å²) in [5, 5.41) is 3.46. The quantitative estimate of drug-likeness (QED) is 0.869. The fourth-order valence-corrected chi connectivity index (χ4v) is 2.05. The Kier molecular flexibility index (Phi) is 4.29. The molecule has 0 bridgehead atoms. The van der Waals surface area contributed by atoms with E-state index in [1.54, 1.807) is 0 Å². The fourth-order valence-electron chi connectivity index (χ4n) is 1.67. The molecule has 1 unspecified atom stereocenters. The summed E-state index contributed by atoms with van der Waals surface area (Å²) in [6.45, 7) is 2.93. The molecule has 0 aliphatic rings. The third-order valence-corrected chi connectivity index (χ3v) is 3.10. The van der Waals surface area contributed by atoms with Crippen molar-refractivity contribution in [3.63, 3.8) is 0 Å². The molecule has 1 aromatic carbocycles. The number of pyridine rings is 1. The third kappa shape index (κ3) is 3.65. The van der Waals surface area contributed by atoms with Crippen LogP contribution in [0.5, 0.6) is 0 Å². The van der Waals surface area contributed by atoms with Gasteiger partial charge in [0.25, 0.3) is 0 Å². The van der Waals surface area contributed by atoms with E-state index >= 15 is 0 Å². The van der Waals surface area contributed by atoms with Crippen LogP contribution in [0, 0.1) is 0 Å². The Bertz CT molecular complexity index is 471. The van der Waals surface area contributed by atoms with Crippen molar-refractivity contribution in [1.82, 2.24) is 10.3 Å². The second kappa shape index (κ2) is 5.94. The van der Waals surface area contributed by atoms with E-state index in [2.05, 4.69) is 57.4 Å². The molecule has 88 valence electrons. The first-order valence-corrected chi connectivity index (χ1v) is 6.45. The molecule has 2 nitrogen and oxygen atoms in total. The zero-order chi connectivity index (χ0) is 12.1. The molecule has 0 aliphatic carbocycles. The van der Waals surface area contributed by atoms with Crippen LogP contribution < -0.4 is 5.32 Å². The van der Waals surface area contributed by atoms with Gasteiger partial charge in [0.1, 0.15) is 4.60 Å². The highest BCUT2D eigenvalue weighted by molar-refractivity contribution is 9.10. The average Bonchev–Trinajstić information content (AvgIpc) is 2.37. The van der Waals surface area contributed by atoms with Crippen LogP contribution in [-0.2, 0) is 6.54 Å². The van der Waals surface area contributed by atoms with E-state index in [4.69, 9.17) is 0 Å². The molecule has 3 heteroatoms. The molecule has 0 saturated carbocycles. The first kappa shape index (κ1) is 12.3. The summed E-state index contributed by atoms with van der Waals surface area (Å²) in [7, 11) is 0. The maximum Gasteiger partial charge on any atom is 0.106 e. The molecule has 2 rings (SSSR count). The van der Waals surface area contributed by atoms with Crippen molar-refractivity contribution in [3.05, 3.63) is 64.4 Å². The van der Waals surface area contributed by atoms with Crippen molar-refractivity contribution in [2.24, 2.45) is 0 Å². The van der Waals surface area contributed by atoms with Crippen LogP contribution in [0.15, 0.2) is 53.1 Å². The van der Waals surface area contributed by atoms with E-state index in [0.29, 0.717) is 6.04 Å². The lowest BCUT2D eigenvalue weighted by molar-refractivity contribution is 0.567. The monoisotopic (exact) mass is 290 g/mol. The van der Waals surface area contributed by atoms with Gasteiger partial charge >= 0.3 is 0 Å². The van der Waals surface area contributed by atoms with Crippen LogP contribution in [0.3, 0.4) is 0 Å². The average molecular weight is 291 g/mol. The van der Waals surface area contributed by atoms with Crippen molar-refractivity contribution in [2.75, 3.05) is 0 Å². The molecule has 2 aromatic rings. The molecular formula is C14H15BrN2. The van der Waals surface area contributed by atoms with Gasteiger partial charge in [0.2, 0.25) is 0 Å². The molecule has 17 heavy (non-hydrogen) atoms. The summed E-state index contributed by atoms with van der Waals surface area (Å²) >= 11 is 3.38. The topological polar surface area (TPSA) is 24.9 Å². The number of hydrogen-bond donors (Lipinski definition) is 1. The van der Waals surface area contributed by atoms with Crippen molar-refractivity contribution in [2.45, 2.75) is 19.5 Å². The van der Waals surface area contributed by atoms with Crippen molar-refractivity contribution in [1.29, 1.82) is 0 Å². The van der Waals surface area contributed by atoms with Gasteiger partial charge in [-0.2, -0.15) is 0 Å². The van der Waals surface area contributed by atoms with Crippen molar-refractivity contribution < 1.29 is 0 Å². The molecule has 1 atom stereocenters. The van der Waals surface area contributed by atoms with Gasteiger partial charge in [-0.1, -0.05) is 36.4 Å². The minimum absolute atomic E-state index is 0.331. The molecule has 0 aliphatic heterocycles. The number of nitrogens with one attached hydrogen (secondary N) is 1. The van der Waals surface area contributed by atoms with E-state index in [0.717, 1.165) is 16.8 Å². The molecule has 0 spiro atoms. The van der Waals surface area contributed by atoms with Crippen molar-refractivity contribution >= 4 is 15.9 Å². The summed E-state index contributed by atoms with van der Waals surface area (Å²) in [6.07, 6.45) is 0. The van der Waals surface area contributed by atoms with Crippen LogP contribution in [0.2, 0.25) is 0 Å². The highest BCUT2D eigenvalue weighted by Crippen LogP contribution is 2.12. The minimum atomic E-state index is 0.331. The SMILES string of the molecule is CC(NCc1cccc(Br)n1)c1ccccc1. The van der Waals surface area contributed by atoms with Gasteiger partial charge in [0, 0.05) is 12.6 Å². The van der Waals surface area contributed by atoms with Crippen LogP contribution in [-0.4, -0.2) is 4.98 Å². The number of hydrogen-bond acceptors (Lipinski definition) is 2. The first-order chi connectivity index (χ1) is 8.25. The second-order valence-electron chi connectivity index (χ2n) is 3.96. The number of nitrogens with zero attached hydrogens (tertiary/aromatic N) is 1. The highest BCUT2D eigenvalue weighted by Gasteiger charge is 2.04. The highest BCUT2D eigenvalue weighted by atomic mass is 79.9. The summed E-state index contributed by atoms with van der Waals surface area (Å²) < 4.78 is 0.879. The zero-order valence-electron chi connectivity index (χ0n) is 9.73. The van der Waals surface area contributed by atoms with E-state index in [1.807, 2.05) is 24.3 Å². The lowest BCUT2D eigenvalue weighted by Gasteiger charge is -2.13. The minimum Gasteiger partial charge on any atom is -0.305 e. The maximum absolute atomic E-state index is 4.39. The number of rotatable bonds is 4. The molecule has 0 saturated heterocycles. The lowest BCUT2D eigenvalue weighted by atomic mass is 10.1. The normalized spacial score (nSPS) is 12.4. The lowest BCUT2D eigenvalue weighted by Crippen LogP contribution is -2.18. The Balaban J connectivity index is 1.95. The van der Waals surface area contributed by atoms with Gasteiger partial charge in [-0.3, -0.25) is 0 Å². The summed E-state index contributed by atoms with van der Waals surface area (Å²) in [5.41, 5.74) is 2.34. The van der Waals surface area contributed by atoms with Crippen molar-refractivity contribution in [3.8, 4) is 0 Å². The van der Waals surface area contributed by atoms with Crippen LogP contribution >= 0.6 is 15.9 Å². The smallest absolute Gasteiger partial charge is 0.106 e. The number of aromatic nitrogens is 1. The Labute approximate surface area is 110 Å². The van der Waals surface area contributed by atoms with Gasteiger partial charge in [-0.25, -0.2) is 4.98 Å². The van der Waals surface area contributed by atoms with Gasteiger partial charge in [-0.05, 0) is 40.5 Å². The maximum atomic E-state index is 4.39. The van der Waals surface area contributed by atoms with E-state index < -0.39 is 0 Å². The molecule has 1 N–H and O–H groups in total. The molecule has 0 radical (unpaired) electrons. The Morgan fingerprint density at radius 2 is 1.88 bits per heavy atom. The van der Waals surface area contributed by atoms with Gasteiger partial charge in [0.05, 0.1) is 5.69 Å². The standard InChI is InChI=1S/C14H15BrN2/c1-11(12-6-3-2-4-7-12)16-10-13-8-5-9-14(15)17-13/h2-9,11,16H,10H2,1H3. The Morgan fingerprint density at radius 1 is 1.12 bits per heavy atom. The predicted molar refractivity (Wildman–Crippen MR) is 73.6 cm³/mol. The number of halogens is 1. The molecule has 0 fully saturated rings. The largest absolute Gasteiger partial charge is 0.305 e. The van der Waals surface area contributed by atoms with Crippen LogP contribution in [0.25, 0.3) is 0 Å². The van der Waals surface area contributed by atoms with Gasteiger partial charge in [0.15, 0.2) is 0 Å². The van der Waals surface area contributed by atoms with E-state index in [9.17, 15) is 0 Å². The van der Waals surface area contributed by atoms with Crippen LogP contribution in [0.1, 0.15) is 24.2 Å². The molecular weight excluding hydrogens is 276 g/mol. The second-order valence-corrected chi connectivity index (χ2v) is 4.78. The fraction of sp³-hybridized carbons (Fsp3) is 0.214. The predicted octanol–water partition coefficient (Wildman–Crippen LogP) is 3.69. The summed E-state index contributed by atoms with van der Waals surface area (Å²) in [6, 6.07) is 16.7. The van der Waals surface area contributed by atoms with Gasteiger partial charge < -0.3 is 5.32 Å². The number of benzene rings is 1. The van der Waals surface area contributed by atoms with E-state index in [-0.39, 0.29) is 0 Å². The Morgan fingerprint density at radius 3 is 2.59 bits per heavy atom. The molecule has 1 heterocycles. The zero-order valence-corrected chi connectivity index (χ0v) is 11.3. The summed E-state index contributed by atoms with van der Waals surface area (Å²) in [4.78, 5) is 4.39. The van der Waals surface area contributed by atoms with E-state index in [1.165, 1.54) is 5.56 Å². The Hall–Kier alpha value is -1.19. The summed E-state index contributed by atoms with van der Waals surface area (Å²) in [5.74, 6) is 0.